The number of carbonyl (C=O) groups excluding carboxylic acids is 2. The molecule has 7 N–H and O–H groups in total. The summed E-state index contributed by atoms with van der Waals surface area (Å²) in [6.45, 7) is 2.64. The van der Waals surface area contributed by atoms with Crippen LogP contribution in [0.5, 0.6) is 0 Å². The van der Waals surface area contributed by atoms with Gasteiger partial charge in [0.2, 0.25) is 0 Å². The number of carbonyl (C=O) groups is 2. The van der Waals surface area contributed by atoms with Gasteiger partial charge >= 0.3 is 11.9 Å². The van der Waals surface area contributed by atoms with Crippen LogP contribution in [0.3, 0.4) is 0 Å². The SMILES string of the molecule is CCCCCCC/C=C\C/C=C\CCCCCCCCCCCCCC(=O)OC(COC(=O)CCCCCCCCCCCCCCCCCCCC)COC1OC(COC2OC(CO)C(O)C(O)C2O)C(O)C(O)C1O. The van der Waals surface area contributed by atoms with Crippen LogP contribution in [0.25, 0.3) is 0 Å². The Balaban J connectivity index is 1.71. The molecule has 2 rings (SSSR count). The predicted molar refractivity (Wildman–Crippen MR) is 303 cm³/mol. The van der Waals surface area contributed by atoms with Gasteiger partial charge in [0, 0.05) is 12.8 Å². The van der Waals surface area contributed by atoms with Gasteiger partial charge < -0.3 is 64.2 Å². The van der Waals surface area contributed by atoms with E-state index in [1.165, 1.54) is 173 Å². The Morgan fingerprint density at radius 3 is 1.21 bits per heavy atom. The molecule has 2 aliphatic rings. The Labute approximate surface area is 466 Å². The van der Waals surface area contributed by atoms with Crippen LogP contribution in [0.1, 0.15) is 264 Å². The monoisotopic (exact) mass is 1100 g/mol. The highest BCUT2D eigenvalue weighted by Gasteiger charge is 2.47. The topological polar surface area (TPSA) is 231 Å². The highest BCUT2D eigenvalue weighted by molar-refractivity contribution is 5.70. The van der Waals surface area contributed by atoms with Gasteiger partial charge in [0.05, 0.1) is 19.8 Å². The number of hydrogen-bond acceptors (Lipinski definition) is 15. The van der Waals surface area contributed by atoms with Gasteiger partial charge in [-0.05, 0) is 44.9 Å². The molecule has 0 radical (unpaired) electrons. The summed E-state index contributed by atoms with van der Waals surface area (Å²) in [7, 11) is 0. The first-order chi connectivity index (χ1) is 37.5. The van der Waals surface area contributed by atoms with Crippen LogP contribution in [0.15, 0.2) is 24.3 Å². The van der Waals surface area contributed by atoms with E-state index in [4.69, 9.17) is 28.4 Å². The molecule has 0 aromatic rings. The summed E-state index contributed by atoms with van der Waals surface area (Å²) in [5.41, 5.74) is 0. The maximum absolute atomic E-state index is 13.1. The minimum absolute atomic E-state index is 0.166. The lowest BCUT2D eigenvalue weighted by Crippen LogP contribution is -2.61. The molecule has 15 heteroatoms. The molecule has 15 nitrogen and oxygen atoms in total. The Kier molecular flexibility index (Phi) is 44.9. The summed E-state index contributed by atoms with van der Waals surface area (Å²) in [5.74, 6) is -0.911. The summed E-state index contributed by atoms with van der Waals surface area (Å²) < 4.78 is 33.8. The quantitative estimate of drug-likeness (QED) is 0.0171. The number of aliphatic hydroxyl groups excluding tert-OH is 7. The van der Waals surface area contributed by atoms with Crippen molar-refractivity contribution in [2.24, 2.45) is 0 Å². The van der Waals surface area contributed by atoms with Crippen molar-refractivity contribution in [1.82, 2.24) is 0 Å². The molecule has 0 saturated carbocycles. The molecule has 0 aliphatic carbocycles. The summed E-state index contributed by atoms with van der Waals surface area (Å²) in [6.07, 6.45) is 37.6. The lowest BCUT2D eigenvalue weighted by Gasteiger charge is -2.42. The number of ether oxygens (including phenoxy) is 6. The zero-order valence-corrected chi connectivity index (χ0v) is 48.5. The van der Waals surface area contributed by atoms with E-state index < -0.39 is 92.7 Å². The fourth-order valence-electron chi connectivity index (χ4n) is 10.1. The Hall–Kier alpha value is -2.02. The molecule has 2 aliphatic heterocycles. The first kappa shape index (κ1) is 71.1. The zero-order chi connectivity index (χ0) is 56.0. The lowest BCUT2D eigenvalue weighted by atomic mass is 9.98. The van der Waals surface area contributed by atoms with Crippen LogP contribution in [0, 0.1) is 0 Å². The number of unbranched alkanes of at least 4 members (excludes halogenated alkanes) is 33. The first-order valence-electron chi connectivity index (χ1n) is 31.4. The predicted octanol–water partition coefficient (Wildman–Crippen LogP) is 11.4. The molecule has 0 bridgehead atoms. The van der Waals surface area contributed by atoms with E-state index in [-0.39, 0.29) is 26.1 Å². The fraction of sp³-hybridized carbons (Fsp3) is 0.903. The molecule has 77 heavy (non-hydrogen) atoms. The molecule has 2 heterocycles. The molecule has 0 aromatic heterocycles. The van der Waals surface area contributed by atoms with E-state index in [0.29, 0.717) is 12.8 Å². The number of aliphatic hydroxyl groups is 7. The van der Waals surface area contributed by atoms with E-state index >= 15 is 0 Å². The van der Waals surface area contributed by atoms with Gasteiger partial charge in [0.15, 0.2) is 18.7 Å². The average Bonchev–Trinajstić information content (AvgIpc) is 3.43. The smallest absolute Gasteiger partial charge is 0.306 e. The van der Waals surface area contributed by atoms with Crippen molar-refractivity contribution in [2.75, 3.05) is 26.4 Å². The van der Waals surface area contributed by atoms with E-state index in [9.17, 15) is 45.3 Å². The van der Waals surface area contributed by atoms with Gasteiger partial charge in [0.25, 0.3) is 0 Å². The van der Waals surface area contributed by atoms with Gasteiger partial charge in [-0.15, -0.1) is 0 Å². The van der Waals surface area contributed by atoms with E-state index in [0.717, 1.165) is 51.4 Å². The first-order valence-corrected chi connectivity index (χ1v) is 31.4. The molecule has 0 spiro atoms. The van der Waals surface area contributed by atoms with E-state index in [1.54, 1.807) is 0 Å². The van der Waals surface area contributed by atoms with Crippen molar-refractivity contribution in [3.05, 3.63) is 24.3 Å². The summed E-state index contributed by atoms with van der Waals surface area (Å²) >= 11 is 0. The third-order valence-electron chi connectivity index (χ3n) is 15.2. The molecule has 11 unspecified atom stereocenters. The van der Waals surface area contributed by atoms with Crippen molar-refractivity contribution >= 4 is 11.9 Å². The van der Waals surface area contributed by atoms with Crippen LogP contribution in [-0.2, 0) is 38.0 Å². The molecule has 0 aromatic carbocycles. The molecular formula is C62H114O15. The zero-order valence-electron chi connectivity index (χ0n) is 48.5. The van der Waals surface area contributed by atoms with Gasteiger partial charge in [-0.2, -0.15) is 0 Å². The van der Waals surface area contributed by atoms with E-state index in [1.807, 2.05) is 0 Å². The van der Waals surface area contributed by atoms with Crippen molar-refractivity contribution in [3.63, 3.8) is 0 Å². The number of rotatable bonds is 51. The highest BCUT2D eigenvalue weighted by Crippen LogP contribution is 2.27. The molecule has 2 saturated heterocycles. The van der Waals surface area contributed by atoms with Gasteiger partial charge in [0.1, 0.15) is 55.4 Å². The van der Waals surface area contributed by atoms with Crippen LogP contribution < -0.4 is 0 Å². The maximum Gasteiger partial charge on any atom is 0.306 e. The Bertz CT molecular complexity index is 1430. The third kappa shape index (κ3) is 35.5. The summed E-state index contributed by atoms with van der Waals surface area (Å²) in [5, 5.41) is 72.4. The van der Waals surface area contributed by atoms with E-state index in [2.05, 4.69) is 38.2 Å². The average molecular weight is 1100 g/mol. The second-order valence-electron chi connectivity index (χ2n) is 22.2. The fourth-order valence-corrected chi connectivity index (χ4v) is 10.1. The molecular weight excluding hydrogens is 985 g/mol. The van der Waals surface area contributed by atoms with Crippen molar-refractivity contribution < 1.29 is 73.8 Å². The van der Waals surface area contributed by atoms with Gasteiger partial charge in [-0.3, -0.25) is 9.59 Å². The molecule has 2 fully saturated rings. The second-order valence-corrected chi connectivity index (χ2v) is 22.2. The Morgan fingerprint density at radius 2 is 0.779 bits per heavy atom. The number of hydrogen-bond donors (Lipinski definition) is 7. The van der Waals surface area contributed by atoms with Gasteiger partial charge in [-0.1, -0.05) is 231 Å². The van der Waals surface area contributed by atoms with Crippen LogP contribution >= 0.6 is 0 Å². The number of allylic oxidation sites excluding steroid dienone is 4. The molecule has 11 atom stereocenters. The second kappa shape index (κ2) is 48.7. The Morgan fingerprint density at radius 1 is 0.416 bits per heavy atom. The minimum atomic E-state index is -1.76. The minimum Gasteiger partial charge on any atom is -0.462 e. The highest BCUT2D eigenvalue weighted by atomic mass is 16.7. The summed E-state index contributed by atoms with van der Waals surface area (Å²) in [6, 6.07) is 0. The van der Waals surface area contributed by atoms with Gasteiger partial charge in [-0.25, -0.2) is 0 Å². The van der Waals surface area contributed by atoms with Crippen molar-refractivity contribution in [2.45, 2.75) is 332 Å². The van der Waals surface area contributed by atoms with Crippen LogP contribution in [0.4, 0.5) is 0 Å². The summed E-state index contributed by atoms with van der Waals surface area (Å²) in [4.78, 5) is 26.0. The largest absolute Gasteiger partial charge is 0.462 e. The number of esters is 2. The van der Waals surface area contributed by atoms with Crippen molar-refractivity contribution in [1.29, 1.82) is 0 Å². The van der Waals surface area contributed by atoms with Crippen LogP contribution in [0.2, 0.25) is 0 Å². The van der Waals surface area contributed by atoms with Crippen LogP contribution in [-0.4, -0.2) is 142 Å². The molecule has 452 valence electrons. The third-order valence-corrected chi connectivity index (χ3v) is 15.2. The molecule has 0 amide bonds. The maximum atomic E-state index is 13.1. The van der Waals surface area contributed by atoms with Crippen molar-refractivity contribution in [3.8, 4) is 0 Å². The normalized spacial score (nSPS) is 24.3. The lowest BCUT2D eigenvalue weighted by molar-refractivity contribution is -0.332. The standard InChI is InChI=1S/C62H114O15/c1-3-5-7-9-11-13-15-17-19-21-23-24-25-26-27-29-31-33-35-37-39-41-43-45-54(65)75-50(47-72-53(64)44-42-40-38-36-34-32-30-28-22-20-18-16-14-12-10-8-6-4-2)48-73-61-60(71)58(69)56(67)52(77-61)49-74-62-59(70)57(68)55(66)51(46-63)76-62/h15,17,21,23,50-52,55-63,66-71H,3-14,16,18-20,22,24-49H2,1-2H3/b17-15-,23-21-.